The van der Waals surface area contributed by atoms with Crippen molar-refractivity contribution in [2.24, 2.45) is 5.73 Å². The lowest BCUT2D eigenvalue weighted by Crippen LogP contribution is -2.12. The smallest absolute Gasteiger partial charge is 0.294 e. The van der Waals surface area contributed by atoms with Gasteiger partial charge in [0.25, 0.3) is 10.1 Å². The lowest BCUT2D eigenvalue weighted by Gasteiger charge is -2.08. The first-order chi connectivity index (χ1) is 13.9. The highest BCUT2D eigenvalue weighted by atomic mass is 32.2. The largest absolute Gasteiger partial charge is 0.366 e. The Labute approximate surface area is 181 Å². The number of carbonyl (C=O) groups is 1. The number of nitrogens with two attached hydrogens (primary N) is 1. The fraction of sp³-hybridized carbons (Fsp3) is 0.348. The van der Waals surface area contributed by atoms with E-state index >= 15 is 0 Å². The SMILES string of the molecule is C=C(C)C(N)=O.CN(C)CCCCc1ccccc1.Cc1ccc(S(=O)(=O)O)cc1. The van der Waals surface area contributed by atoms with Crippen LogP contribution < -0.4 is 5.73 Å². The van der Waals surface area contributed by atoms with Crippen molar-refractivity contribution in [1.29, 1.82) is 0 Å². The Balaban J connectivity index is 0.000000450. The molecule has 0 aliphatic carbocycles. The monoisotopic (exact) mass is 434 g/mol. The van der Waals surface area contributed by atoms with Crippen LogP contribution in [0.25, 0.3) is 0 Å². The summed E-state index contributed by atoms with van der Waals surface area (Å²) >= 11 is 0. The van der Waals surface area contributed by atoms with Crippen LogP contribution in [0.3, 0.4) is 0 Å². The number of carbonyl (C=O) groups excluding carboxylic acids is 1. The second-order valence-electron chi connectivity index (χ2n) is 7.18. The van der Waals surface area contributed by atoms with Crippen LogP contribution in [0.1, 0.15) is 30.9 Å². The zero-order valence-corrected chi connectivity index (χ0v) is 19.2. The van der Waals surface area contributed by atoms with E-state index in [1.807, 2.05) is 6.92 Å². The molecule has 0 aliphatic rings. The molecule has 0 radical (unpaired) electrons. The van der Waals surface area contributed by atoms with Crippen molar-refractivity contribution in [3.63, 3.8) is 0 Å². The lowest BCUT2D eigenvalue weighted by molar-refractivity contribution is -0.114. The van der Waals surface area contributed by atoms with Gasteiger partial charge >= 0.3 is 0 Å². The number of hydrogen-bond acceptors (Lipinski definition) is 4. The van der Waals surface area contributed by atoms with E-state index in [4.69, 9.17) is 10.3 Å². The van der Waals surface area contributed by atoms with Crippen LogP contribution in [-0.2, 0) is 21.3 Å². The summed E-state index contributed by atoms with van der Waals surface area (Å²) in [6.45, 7) is 7.89. The van der Waals surface area contributed by atoms with Gasteiger partial charge in [0, 0.05) is 5.57 Å². The number of primary amides is 1. The van der Waals surface area contributed by atoms with Crippen molar-refractivity contribution in [2.45, 2.75) is 38.0 Å². The maximum atomic E-state index is 10.5. The predicted octanol–water partition coefficient (Wildman–Crippen LogP) is 3.86. The average Bonchev–Trinajstić information content (AvgIpc) is 2.66. The van der Waals surface area contributed by atoms with Gasteiger partial charge in [-0.1, -0.05) is 54.6 Å². The van der Waals surface area contributed by atoms with E-state index in [-0.39, 0.29) is 4.90 Å². The standard InChI is InChI=1S/C12H19N.C7H8O3S.C4H7NO/c1-13(2)11-7-6-10-12-8-4-3-5-9-12;1-6-2-4-7(5-3-6)11(8,9)10;1-3(2)4(5)6/h3-5,8-9H,6-7,10-11H2,1-2H3;2-5H,1H3,(H,8,9,10);1H2,2H3,(H2,5,6). The van der Waals surface area contributed by atoms with Crippen molar-refractivity contribution in [2.75, 3.05) is 20.6 Å². The molecule has 0 aromatic heterocycles. The molecule has 2 rings (SSSR count). The molecule has 6 nitrogen and oxygen atoms in total. The first kappa shape index (κ1) is 27.5. The lowest BCUT2D eigenvalue weighted by atomic mass is 10.1. The molecule has 30 heavy (non-hydrogen) atoms. The van der Waals surface area contributed by atoms with E-state index in [1.165, 1.54) is 43.5 Å². The molecule has 0 bridgehead atoms. The van der Waals surface area contributed by atoms with Gasteiger partial charge in [-0.25, -0.2) is 0 Å². The summed E-state index contributed by atoms with van der Waals surface area (Å²) in [5, 5.41) is 0. The maximum Gasteiger partial charge on any atom is 0.294 e. The van der Waals surface area contributed by atoms with Crippen molar-refractivity contribution < 1.29 is 17.8 Å². The number of nitrogens with zero attached hydrogens (tertiary/aromatic N) is 1. The third kappa shape index (κ3) is 14.5. The van der Waals surface area contributed by atoms with Gasteiger partial charge in [0.2, 0.25) is 5.91 Å². The van der Waals surface area contributed by atoms with Crippen LogP contribution in [-0.4, -0.2) is 44.4 Å². The Morgan fingerprint density at radius 3 is 1.93 bits per heavy atom. The summed E-state index contributed by atoms with van der Waals surface area (Å²) in [7, 11) is 0.235. The van der Waals surface area contributed by atoms with Gasteiger partial charge in [0.15, 0.2) is 0 Å². The molecule has 2 aromatic carbocycles. The van der Waals surface area contributed by atoms with Gasteiger partial charge in [0.1, 0.15) is 0 Å². The normalized spacial score (nSPS) is 10.3. The second-order valence-corrected chi connectivity index (χ2v) is 8.60. The number of hydrogen-bond donors (Lipinski definition) is 2. The van der Waals surface area contributed by atoms with Crippen LogP contribution in [0, 0.1) is 6.92 Å². The minimum Gasteiger partial charge on any atom is -0.366 e. The molecule has 0 fully saturated rings. The van der Waals surface area contributed by atoms with Gasteiger partial charge in [-0.15, -0.1) is 0 Å². The minimum absolute atomic E-state index is 0.0666. The molecule has 0 heterocycles. The van der Waals surface area contributed by atoms with Crippen molar-refractivity contribution in [3.8, 4) is 0 Å². The molecular weight excluding hydrogens is 400 g/mol. The van der Waals surface area contributed by atoms with Crippen LogP contribution in [0.4, 0.5) is 0 Å². The van der Waals surface area contributed by atoms with E-state index in [2.05, 4.69) is 55.9 Å². The molecule has 1 amide bonds. The van der Waals surface area contributed by atoms with Gasteiger partial charge in [-0.05, 0) is 71.4 Å². The minimum atomic E-state index is -4.02. The summed E-state index contributed by atoms with van der Waals surface area (Å²) in [6.07, 6.45) is 3.80. The van der Waals surface area contributed by atoms with Crippen molar-refractivity contribution in [3.05, 3.63) is 77.9 Å². The van der Waals surface area contributed by atoms with Crippen molar-refractivity contribution in [1.82, 2.24) is 4.90 Å². The molecule has 0 unspecified atom stereocenters. The summed E-state index contributed by atoms with van der Waals surface area (Å²) in [6, 6.07) is 16.7. The molecular formula is C23H34N2O4S. The quantitative estimate of drug-likeness (QED) is 0.391. The van der Waals surface area contributed by atoms with E-state index in [1.54, 1.807) is 19.1 Å². The Morgan fingerprint density at radius 2 is 1.53 bits per heavy atom. The fourth-order valence-corrected chi connectivity index (χ4v) is 2.59. The molecule has 0 saturated carbocycles. The number of rotatable bonds is 7. The first-order valence-electron chi connectivity index (χ1n) is 9.61. The Morgan fingerprint density at radius 1 is 1.03 bits per heavy atom. The van der Waals surface area contributed by atoms with E-state index < -0.39 is 16.0 Å². The van der Waals surface area contributed by atoms with Gasteiger partial charge in [0.05, 0.1) is 4.90 Å². The third-order valence-electron chi connectivity index (χ3n) is 3.90. The summed E-state index contributed by atoms with van der Waals surface area (Å²) < 4.78 is 29.6. The average molecular weight is 435 g/mol. The molecule has 0 aliphatic heterocycles. The van der Waals surface area contributed by atoms with Crippen LogP contribution in [0.2, 0.25) is 0 Å². The molecule has 0 atom stereocenters. The highest BCUT2D eigenvalue weighted by Crippen LogP contribution is 2.08. The highest BCUT2D eigenvalue weighted by Gasteiger charge is 2.06. The molecule has 2 aromatic rings. The zero-order valence-electron chi connectivity index (χ0n) is 18.3. The third-order valence-corrected chi connectivity index (χ3v) is 4.77. The Hall–Kier alpha value is -2.48. The molecule has 7 heteroatoms. The van der Waals surface area contributed by atoms with Crippen LogP contribution >= 0.6 is 0 Å². The molecule has 3 N–H and O–H groups in total. The maximum absolute atomic E-state index is 10.5. The topological polar surface area (TPSA) is 101 Å². The van der Waals surface area contributed by atoms with Gasteiger partial charge in [-0.2, -0.15) is 8.42 Å². The fourth-order valence-electron chi connectivity index (χ4n) is 2.11. The number of unbranched alkanes of at least 4 members (excludes halogenated alkanes) is 1. The Bertz CT molecular complexity index is 850. The summed E-state index contributed by atoms with van der Waals surface area (Å²) in [4.78, 5) is 12.0. The molecule has 0 spiro atoms. The molecule has 166 valence electrons. The number of benzene rings is 2. The molecule has 0 saturated heterocycles. The predicted molar refractivity (Wildman–Crippen MR) is 123 cm³/mol. The van der Waals surface area contributed by atoms with Crippen LogP contribution in [0.5, 0.6) is 0 Å². The summed E-state index contributed by atoms with van der Waals surface area (Å²) in [5.74, 6) is -0.435. The summed E-state index contributed by atoms with van der Waals surface area (Å²) in [5.41, 5.74) is 7.51. The Kier molecular flexibility index (Phi) is 13.3. The highest BCUT2D eigenvalue weighted by molar-refractivity contribution is 7.85. The van der Waals surface area contributed by atoms with Gasteiger partial charge in [-0.3, -0.25) is 9.35 Å². The number of amides is 1. The van der Waals surface area contributed by atoms with E-state index in [0.29, 0.717) is 5.57 Å². The second kappa shape index (κ2) is 14.5. The zero-order chi connectivity index (χ0) is 23.2. The van der Waals surface area contributed by atoms with Crippen LogP contribution in [0.15, 0.2) is 71.6 Å². The van der Waals surface area contributed by atoms with Crippen molar-refractivity contribution >= 4 is 16.0 Å². The van der Waals surface area contributed by atoms with Gasteiger partial charge < -0.3 is 10.6 Å². The number of aryl methyl sites for hydroxylation is 2. The van der Waals surface area contributed by atoms with E-state index in [0.717, 1.165) is 5.56 Å². The first-order valence-corrected chi connectivity index (χ1v) is 11.1. The van der Waals surface area contributed by atoms with E-state index in [9.17, 15) is 13.2 Å².